The first-order valence-electron chi connectivity index (χ1n) is 6.47. The zero-order chi connectivity index (χ0) is 13.7. The van der Waals surface area contributed by atoms with Crippen molar-refractivity contribution in [1.82, 2.24) is 4.98 Å². The van der Waals surface area contributed by atoms with Crippen LogP contribution in [0.4, 0.5) is 0 Å². The fourth-order valence-electron chi connectivity index (χ4n) is 2.07. The van der Waals surface area contributed by atoms with Gasteiger partial charge in [-0.15, -0.1) is 0 Å². The van der Waals surface area contributed by atoms with E-state index in [9.17, 15) is 5.11 Å². The fraction of sp³-hybridized carbons (Fsp3) is 0.312. The molecule has 1 unspecified atom stereocenters. The van der Waals surface area contributed by atoms with Crippen LogP contribution in [-0.2, 0) is 12.8 Å². The zero-order valence-electron chi connectivity index (χ0n) is 11.0. The van der Waals surface area contributed by atoms with Crippen molar-refractivity contribution in [2.75, 3.05) is 0 Å². The summed E-state index contributed by atoms with van der Waals surface area (Å²) in [5, 5.41) is 10.1. The van der Waals surface area contributed by atoms with Gasteiger partial charge in [0.1, 0.15) is 0 Å². The van der Waals surface area contributed by atoms with Gasteiger partial charge in [0.05, 0.1) is 6.10 Å². The number of nitrogens with zero attached hydrogens (tertiary/aromatic N) is 1. The van der Waals surface area contributed by atoms with E-state index in [1.807, 2.05) is 12.1 Å². The number of hydrogen-bond acceptors (Lipinski definition) is 2. The van der Waals surface area contributed by atoms with Gasteiger partial charge in [-0.3, -0.25) is 4.98 Å². The van der Waals surface area contributed by atoms with Crippen molar-refractivity contribution in [1.29, 1.82) is 0 Å². The third kappa shape index (κ3) is 4.77. The summed E-state index contributed by atoms with van der Waals surface area (Å²) < 4.78 is 0.963. The predicted octanol–water partition coefficient (Wildman–Crippen LogP) is 3.69. The van der Waals surface area contributed by atoms with Crippen LogP contribution in [-0.4, -0.2) is 16.2 Å². The number of aliphatic hydroxyl groups is 1. The Kier molecular flexibility index (Phi) is 5.11. The van der Waals surface area contributed by atoms with E-state index in [0.29, 0.717) is 6.42 Å². The molecule has 0 saturated carbocycles. The first-order valence-corrected chi connectivity index (χ1v) is 7.27. The van der Waals surface area contributed by atoms with Crippen LogP contribution in [0.3, 0.4) is 0 Å². The van der Waals surface area contributed by atoms with E-state index in [0.717, 1.165) is 23.0 Å². The Hall–Kier alpha value is -1.19. The minimum absolute atomic E-state index is 0.339. The lowest BCUT2D eigenvalue weighted by Crippen LogP contribution is -2.12. The van der Waals surface area contributed by atoms with E-state index in [-0.39, 0.29) is 6.10 Å². The number of benzene rings is 1. The summed E-state index contributed by atoms with van der Waals surface area (Å²) in [5.41, 5.74) is 3.48. The highest BCUT2D eigenvalue weighted by molar-refractivity contribution is 9.10. The Bertz CT molecular complexity index is 525. The number of pyridine rings is 1. The molecule has 0 aliphatic heterocycles. The van der Waals surface area contributed by atoms with Crippen LogP contribution in [0.15, 0.2) is 47.1 Å². The first kappa shape index (κ1) is 14.2. The average Bonchev–Trinajstić information content (AvgIpc) is 2.39. The van der Waals surface area contributed by atoms with E-state index in [2.05, 4.69) is 52.1 Å². The first-order chi connectivity index (χ1) is 9.13. The number of aryl methyl sites for hydroxylation is 2. The van der Waals surface area contributed by atoms with Gasteiger partial charge in [-0.2, -0.15) is 0 Å². The molecule has 0 aliphatic carbocycles. The normalized spacial score (nSPS) is 12.4. The molecule has 2 rings (SSSR count). The van der Waals surface area contributed by atoms with Gasteiger partial charge in [-0.05, 0) is 53.4 Å². The van der Waals surface area contributed by atoms with Crippen LogP contribution < -0.4 is 0 Å². The molecular weight excluding hydrogens is 302 g/mol. The zero-order valence-corrected chi connectivity index (χ0v) is 12.6. The number of aromatic nitrogens is 1. The molecule has 1 aromatic carbocycles. The minimum Gasteiger partial charge on any atom is -0.393 e. The van der Waals surface area contributed by atoms with Crippen molar-refractivity contribution >= 4 is 15.9 Å². The van der Waals surface area contributed by atoms with Gasteiger partial charge in [-0.25, -0.2) is 0 Å². The average molecular weight is 320 g/mol. The quantitative estimate of drug-likeness (QED) is 0.911. The van der Waals surface area contributed by atoms with Crippen molar-refractivity contribution in [2.24, 2.45) is 0 Å². The van der Waals surface area contributed by atoms with Crippen LogP contribution in [0, 0.1) is 6.92 Å². The van der Waals surface area contributed by atoms with Crippen molar-refractivity contribution in [3.8, 4) is 0 Å². The Morgan fingerprint density at radius 1 is 1.26 bits per heavy atom. The van der Waals surface area contributed by atoms with Crippen molar-refractivity contribution in [3.63, 3.8) is 0 Å². The lowest BCUT2D eigenvalue weighted by molar-refractivity contribution is 0.164. The van der Waals surface area contributed by atoms with Gasteiger partial charge in [0.25, 0.3) is 0 Å². The van der Waals surface area contributed by atoms with E-state index in [1.54, 1.807) is 6.20 Å². The Balaban J connectivity index is 1.84. The van der Waals surface area contributed by atoms with Crippen LogP contribution >= 0.6 is 15.9 Å². The highest BCUT2D eigenvalue weighted by Gasteiger charge is 2.07. The second kappa shape index (κ2) is 6.83. The molecule has 1 heterocycles. The highest BCUT2D eigenvalue weighted by atomic mass is 79.9. The summed E-state index contributed by atoms with van der Waals surface area (Å²) in [4.78, 5) is 4.28. The second-order valence-electron chi connectivity index (χ2n) is 4.85. The van der Waals surface area contributed by atoms with E-state index in [1.165, 1.54) is 11.1 Å². The molecule has 0 aliphatic rings. The molecule has 2 aromatic rings. The van der Waals surface area contributed by atoms with Gasteiger partial charge in [-0.1, -0.05) is 29.8 Å². The maximum absolute atomic E-state index is 10.1. The van der Waals surface area contributed by atoms with Gasteiger partial charge in [0.15, 0.2) is 0 Å². The van der Waals surface area contributed by atoms with Crippen LogP contribution in [0.5, 0.6) is 0 Å². The third-order valence-electron chi connectivity index (χ3n) is 3.08. The van der Waals surface area contributed by atoms with E-state index < -0.39 is 0 Å². The molecule has 0 spiro atoms. The lowest BCUT2D eigenvalue weighted by Gasteiger charge is -2.10. The maximum atomic E-state index is 10.1. The van der Waals surface area contributed by atoms with Crippen LogP contribution in [0.2, 0.25) is 0 Å². The molecule has 19 heavy (non-hydrogen) atoms. The minimum atomic E-state index is -0.339. The van der Waals surface area contributed by atoms with Crippen LogP contribution in [0.25, 0.3) is 0 Å². The van der Waals surface area contributed by atoms with E-state index in [4.69, 9.17) is 0 Å². The largest absolute Gasteiger partial charge is 0.393 e. The van der Waals surface area contributed by atoms with E-state index >= 15 is 0 Å². The Morgan fingerprint density at radius 2 is 2.11 bits per heavy atom. The summed E-state index contributed by atoms with van der Waals surface area (Å²) in [7, 11) is 0. The summed E-state index contributed by atoms with van der Waals surface area (Å²) in [6.07, 6.45) is 3.71. The monoisotopic (exact) mass is 319 g/mol. The SMILES string of the molecule is Cc1cccc(CCC(O)Cc2ccc(Br)cn2)c1. The summed E-state index contributed by atoms with van der Waals surface area (Å²) in [5.74, 6) is 0. The summed E-state index contributed by atoms with van der Waals surface area (Å²) in [6, 6.07) is 12.3. The van der Waals surface area contributed by atoms with Gasteiger partial charge >= 0.3 is 0 Å². The van der Waals surface area contributed by atoms with Crippen LogP contribution in [0.1, 0.15) is 23.2 Å². The molecular formula is C16H18BrNO. The standard InChI is InChI=1S/C16H18BrNO/c1-12-3-2-4-13(9-12)5-8-16(19)10-15-7-6-14(17)11-18-15/h2-4,6-7,9,11,16,19H,5,8,10H2,1H3. The predicted molar refractivity (Wildman–Crippen MR) is 81.1 cm³/mol. The molecule has 1 aromatic heterocycles. The number of hydrogen-bond donors (Lipinski definition) is 1. The molecule has 0 radical (unpaired) electrons. The van der Waals surface area contributed by atoms with Crippen molar-refractivity contribution in [3.05, 3.63) is 63.9 Å². The molecule has 0 saturated heterocycles. The fourth-order valence-corrected chi connectivity index (χ4v) is 2.31. The number of halogens is 1. The van der Waals surface area contributed by atoms with Gasteiger partial charge in [0, 0.05) is 22.8 Å². The molecule has 3 heteroatoms. The lowest BCUT2D eigenvalue weighted by atomic mass is 10.0. The van der Waals surface area contributed by atoms with Crippen molar-refractivity contribution < 1.29 is 5.11 Å². The number of rotatable bonds is 5. The topological polar surface area (TPSA) is 33.1 Å². The molecule has 100 valence electrons. The molecule has 1 atom stereocenters. The Morgan fingerprint density at radius 3 is 2.79 bits per heavy atom. The third-order valence-corrected chi connectivity index (χ3v) is 3.55. The summed E-state index contributed by atoms with van der Waals surface area (Å²) in [6.45, 7) is 2.09. The molecule has 2 nitrogen and oxygen atoms in total. The smallest absolute Gasteiger partial charge is 0.0598 e. The molecule has 0 fully saturated rings. The van der Waals surface area contributed by atoms with Gasteiger partial charge < -0.3 is 5.11 Å². The van der Waals surface area contributed by atoms with Crippen molar-refractivity contribution in [2.45, 2.75) is 32.3 Å². The number of aliphatic hydroxyl groups excluding tert-OH is 1. The molecule has 1 N–H and O–H groups in total. The summed E-state index contributed by atoms with van der Waals surface area (Å²) >= 11 is 3.35. The molecule has 0 bridgehead atoms. The Labute approximate surface area is 122 Å². The maximum Gasteiger partial charge on any atom is 0.0598 e. The highest BCUT2D eigenvalue weighted by Crippen LogP contribution is 2.12. The van der Waals surface area contributed by atoms with Gasteiger partial charge in [0.2, 0.25) is 0 Å². The second-order valence-corrected chi connectivity index (χ2v) is 5.77. The molecule has 0 amide bonds.